The molecule has 0 saturated carbocycles. The fourth-order valence-corrected chi connectivity index (χ4v) is 2.19. The lowest BCUT2D eigenvalue weighted by Crippen LogP contribution is -2.38. The number of aliphatic hydroxyl groups is 1. The molecule has 108 valence electrons. The van der Waals surface area contributed by atoms with Crippen molar-refractivity contribution in [3.8, 4) is 0 Å². The number of hydrogen-bond acceptors (Lipinski definition) is 3. The number of hydrogen-bond donors (Lipinski definition) is 1. The van der Waals surface area contributed by atoms with Gasteiger partial charge in [0.05, 0.1) is 18.8 Å². The number of rotatable bonds is 6. The van der Waals surface area contributed by atoms with E-state index in [0.717, 1.165) is 38.9 Å². The molecule has 1 saturated heterocycles. The Kier molecular flexibility index (Phi) is 5.63. The van der Waals surface area contributed by atoms with Gasteiger partial charge >= 0.3 is 0 Å². The molecule has 3 heteroatoms. The van der Waals surface area contributed by atoms with Crippen LogP contribution in [0, 0.1) is 11.3 Å². The zero-order chi connectivity index (χ0) is 13.8. The van der Waals surface area contributed by atoms with Crippen molar-refractivity contribution in [2.24, 2.45) is 11.3 Å². The third-order valence-electron chi connectivity index (χ3n) is 3.40. The summed E-state index contributed by atoms with van der Waals surface area (Å²) < 4.78 is 11.5. The molecule has 0 bridgehead atoms. The van der Waals surface area contributed by atoms with Gasteiger partial charge in [0.2, 0.25) is 0 Å². The minimum Gasteiger partial charge on any atom is -0.390 e. The van der Waals surface area contributed by atoms with Gasteiger partial charge < -0.3 is 14.6 Å². The second-order valence-electron chi connectivity index (χ2n) is 7.26. The summed E-state index contributed by atoms with van der Waals surface area (Å²) in [5.74, 6) is 0.582. The number of ether oxygens (including phenoxy) is 2. The van der Waals surface area contributed by atoms with Crippen LogP contribution in [0.3, 0.4) is 0 Å². The minimum absolute atomic E-state index is 0.0323. The summed E-state index contributed by atoms with van der Waals surface area (Å²) in [5.41, 5.74) is -0.387. The molecule has 1 fully saturated rings. The van der Waals surface area contributed by atoms with Gasteiger partial charge in [0.1, 0.15) is 0 Å². The monoisotopic (exact) mass is 258 g/mol. The molecular formula is C15H30O3. The van der Waals surface area contributed by atoms with E-state index in [2.05, 4.69) is 20.8 Å². The Morgan fingerprint density at radius 1 is 1.28 bits per heavy atom. The first-order valence-corrected chi connectivity index (χ1v) is 7.14. The third kappa shape index (κ3) is 6.72. The Morgan fingerprint density at radius 3 is 2.33 bits per heavy atom. The van der Waals surface area contributed by atoms with E-state index in [9.17, 15) is 5.11 Å². The largest absolute Gasteiger partial charge is 0.390 e. The van der Waals surface area contributed by atoms with Crippen molar-refractivity contribution in [3.05, 3.63) is 0 Å². The van der Waals surface area contributed by atoms with Crippen molar-refractivity contribution >= 4 is 0 Å². The summed E-state index contributed by atoms with van der Waals surface area (Å²) in [6.07, 6.45) is 3.97. The second-order valence-corrected chi connectivity index (χ2v) is 7.26. The third-order valence-corrected chi connectivity index (χ3v) is 3.40. The highest BCUT2D eigenvalue weighted by Gasteiger charge is 2.29. The average molecular weight is 258 g/mol. The lowest BCUT2D eigenvalue weighted by Gasteiger charge is -2.35. The molecule has 0 spiro atoms. The van der Waals surface area contributed by atoms with Crippen molar-refractivity contribution in [3.63, 3.8) is 0 Å². The molecule has 0 aromatic heterocycles. The zero-order valence-electron chi connectivity index (χ0n) is 12.7. The molecule has 0 amide bonds. The summed E-state index contributed by atoms with van der Waals surface area (Å²) in [6, 6.07) is 0. The molecule has 1 aliphatic heterocycles. The minimum atomic E-state index is -0.540. The van der Waals surface area contributed by atoms with Gasteiger partial charge in [-0.2, -0.15) is 0 Å². The summed E-state index contributed by atoms with van der Waals surface area (Å²) in [4.78, 5) is 0. The van der Waals surface area contributed by atoms with Crippen LogP contribution in [0.5, 0.6) is 0 Å². The molecule has 0 aromatic rings. The van der Waals surface area contributed by atoms with Gasteiger partial charge in [-0.15, -0.1) is 0 Å². The van der Waals surface area contributed by atoms with E-state index in [0.29, 0.717) is 5.92 Å². The fourth-order valence-electron chi connectivity index (χ4n) is 2.19. The quantitative estimate of drug-likeness (QED) is 0.794. The van der Waals surface area contributed by atoms with Crippen LogP contribution in [0.2, 0.25) is 0 Å². The van der Waals surface area contributed by atoms with Gasteiger partial charge in [-0.05, 0) is 26.2 Å². The molecule has 1 heterocycles. The maximum absolute atomic E-state index is 9.66. The van der Waals surface area contributed by atoms with E-state index < -0.39 is 5.60 Å². The SMILES string of the molecule is C[C@@H](CCCC(C)(C)O)CC1OCC(C)(C)CO1. The first kappa shape index (κ1) is 15.9. The highest BCUT2D eigenvalue weighted by Crippen LogP contribution is 2.27. The first-order chi connectivity index (χ1) is 8.18. The Morgan fingerprint density at radius 2 is 1.83 bits per heavy atom. The normalized spacial score (nSPS) is 23.0. The molecule has 0 radical (unpaired) electrons. The zero-order valence-corrected chi connectivity index (χ0v) is 12.7. The predicted molar refractivity (Wildman–Crippen MR) is 73.4 cm³/mol. The maximum atomic E-state index is 9.66. The van der Waals surface area contributed by atoms with Gasteiger partial charge in [0, 0.05) is 11.8 Å². The van der Waals surface area contributed by atoms with E-state index in [1.165, 1.54) is 0 Å². The lowest BCUT2D eigenvalue weighted by atomic mass is 9.93. The second kappa shape index (κ2) is 6.36. The lowest BCUT2D eigenvalue weighted by molar-refractivity contribution is -0.227. The van der Waals surface area contributed by atoms with Crippen molar-refractivity contribution < 1.29 is 14.6 Å². The summed E-state index contributed by atoms with van der Waals surface area (Å²) in [7, 11) is 0. The van der Waals surface area contributed by atoms with Gasteiger partial charge in [-0.1, -0.05) is 33.6 Å². The topological polar surface area (TPSA) is 38.7 Å². The van der Waals surface area contributed by atoms with E-state index in [1.54, 1.807) is 0 Å². The van der Waals surface area contributed by atoms with Gasteiger partial charge in [0.15, 0.2) is 6.29 Å². The molecule has 1 rings (SSSR count). The highest BCUT2D eigenvalue weighted by molar-refractivity contribution is 4.72. The van der Waals surface area contributed by atoms with Crippen molar-refractivity contribution in [2.75, 3.05) is 13.2 Å². The smallest absolute Gasteiger partial charge is 0.157 e. The fraction of sp³-hybridized carbons (Fsp3) is 1.00. The molecule has 1 aliphatic rings. The maximum Gasteiger partial charge on any atom is 0.157 e. The molecule has 0 unspecified atom stereocenters. The molecule has 18 heavy (non-hydrogen) atoms. The van der Waals surface area contributed by atoms with Gasteiger partial charge in [-0.25, -0.2) is 0 Å². The Balaban J connectivity index is 2.15. The Bertz CT molecular complexity index is 233. The van der Waals surface area contributed by atoms with Crippen molar-refractivity contribution in [1.29, 1.82) is 0 Å². The standard InChI is InChI=1S/C15H30O3/c1-12(7-6-8-15(4,5)16)9-13-17-10-14(2,3)11-18-13/h12-13,16H,6-11H2,1-5H3/t12-/m0/s1. The summed E-state index contributed by atoms with van der Waals surface area (Å²) >= 11 is 0. The van der Waals surface area contributed by atoms with Crippen molar-refractivity contribution in [2.45, 2.75) is 72.2 Å². The van der Waals surface area contributed by atoms with Crippen LogP contribution < -0.4 is 0 Å². The Labute approximate surface area is 112 Å². The van der Waals surface area contributed by atoms with E-state index in [1.807, 2.05) is 13.8 Å². The van der Waals surface area contributed by atoms with Crippen LogP contribution in [0.4, 0.5) is 0 Å². The molecule has 3 nitrogen and oxygen atoms in total. The molecule has 0 aliphatic carbocycles. The van der Waals surface area contributed by atoms with Gasteiger partial charge in [-0.3, -0.25) is 0 Å². The molecule has 1 atom stereocenters. The van der Waals surface area contributed by atoms with E-state index in [-0.39, 0.29) is 11.7 Å². The van der Waals surface area contributed by atoms with E-state index in [4.69, 9.17) is 9.47 Å². The molecule has 1 N–H and O–H groups in total. The summed E-state index contributed by atoms with van der Waals surface area (Å²) in [5, 5.41) is 9.66. The van der Waals surface area contributed by atoms with Crippen LogP contribution in [-0.2, 0) is 9.47 Å². The Hall–Kier alpha value is -0.120. The van der Waals surface area contributed by atoms with Crippen LogP contribution in [-0.4, -0.2) is 30.2 Å². The van der Waals surface area contributed by atoms with Crippen molar-refractivity contribution in [1.82, 2.24) is 0 Å². The molecule has 0 aromatic carbocycles. The van der Waals surface area contributed by atoms with Crippen LogP contribution in [0.15, 0.2) is 0 Å². The van der Waals surface area contributed by atoms with E-state index >= 15 is 0 Å². The van der Waals surface area contributed by atoms with Gasteiger partial charge in [0.25, 0.3) is 0 Å². The van der Waals surface area contributed by atoms with Crippen LogP contribution in [0.25, 0.3) is 0 Å². The summed E-state index contributed by atoms with van der Waals surface area (Å²) in [6.45, 7) is 11.9. The highest BCUT2D eigenvalue weighted by atomic mass is 16.7. The van der Waals surface area contributed by atoms with Crippen LogP contribution >= 0.6 is 0 Å². The predicted octanol–water partition coefficient (Wildman–Crippen LogP) is 3.35. The average Bonchev–Trinajstić information content (AvgIpc) is 2.19. The first-order valence-electron chi connectivity index (χ1n) is 7.14. The molecular weight excluding hydrogens is 228 g/mol. The van der Waals surface area contributed by atoms with Crippen LogP contribution in [0.1, 0.15) is 60.3 Å².